The summed E-state index contributed by atoms with van der Waals surface area (Å²) in [6.45, 7) is 1.25. The smallest absolute Gasteiger partial charge is 0.148 e. The van der Waals surface area contributed by atoms with Gasteiger partial charge in [0, 0.05) is 18.7 Å². The monoisotopic (exact) mass is 311 g/mol. The van der Waals surface area contributed by atoms with Crippen molar-refractivity contribution in [3.63, 3.8) is 0 Å². The van der Waals surface area contributed by atoms with E-state index in [4.69, 9.17) is 15.9 Å². The number of aliphatic hydroxyl groups is 1. The molecule has 0 aromatic heterocycles. The number of rotatable bonds is 8. The second-order valence-corrected chi connectivity index (χ2v) is 5.02. The number of aliphatic hydroxyl groups excluding tert-OH is 1. The highest BCUT2D eigenvalue weighted by atomic mass is 16.5. The van der Waals surface area contributed by atoms with Crippen LogP contribution < -0.4 is 14.8 Å². The summed E-state index contributed by atoms with van der Waals surface area (Å²) in [6, 6.07) is 15.1. The van der Waals surface area contributed by atoms with E-state index in [1.807, 2.05) is 48.5 Å². The van der Waals surface area contributed by atoms with Crippen molar-refractivity contribution in [2.45, 2.75) is 12.6 Å². The molecule has 0 spiro atoms. The molecule has 1 atom stereocenters. The third-order valence-electron chi connectivity index (χ3n) is 3.42. The van der Waals surface area contributed by atoms with Crippen LogP contribution in [-0.4, -0.2) is 25.4 Å². The molecule has 23 heavy (non-hydrogen) atoms. The zero-order valence-electron chi connectivity index (χ0n) is 13.2. The van der Waals surface area contributed by atoms with E-state index < -0.39 is 6.10 Å². The molecule has 120 valence electrons. The Hall–Kier alpha value is -2.48. The molecule has 0 heterocycles. The standard InChI is InChI=1S/C19H21NO3/c1-3-11-23-19-10-5-4-7-16(19)13-20-14-18(21)15-8-6-9-17(12-15)22-2/h1,4-10,12,18,20-21H,11,13-14H2,2H3. The van der Waals surface area contributed by atoms with Crippen LogP contribution in [-0.2, 0) is 6.54 Å². The van der Waals surface area contributed by atoms with Crippen LogP contribution in [0.2, 0.25) is 0 Å². The number of ether oxygens (including phenoxy) is 2. The second kappa shape index (κ2) is 8.84. The zero-order valence-corrected chi connectivity index (χ0v) is 13.2. The van der Waals surface area contributed by atoms with Gasteiger partial charge in [0.1, 0.15) is 18.1 Å². The maximum atomic E-state index is 10.3. The van der Waals surface area contributed by atoms with E-state index in [0.717, 1.165) is 22.6 Å². The van der Waals surface area contributed by atoms with Crippen LogP contribution in [0.25, 0.3) is 0 Å². The van der Waals surface area contributed by atoms with Gasteiger partial charge in [0.05, 0.1) is 13.2 Å². The van der Waals surface area contributed by atoms with E-state index >= 15 is 0 Å². The molecule has 0 saturated carbocycles. The third kappa shape index (κ3) is 5.03. The van der Waals surface area contributed by atoms with Gasteiger partial charge in [-0.15, -0.1) is 6.42 Å². The summed E-state index contributed by atoms with van der Waals surface area (Å²) in [4.78, 5) is 0. The Labute approximate surface area is 137 Å². The summed E-state index contributed by atoms with van der Waals surface area (Å²) in [5.41, 5.74) is 1.81. The molecular formula is C19H21NO3. The van der Waals surface area contributed by atoms with E-state index in [1.165, 1.54) is 0 Å². The zero-order chi connectivity index (χ0) is 16.5. The average molecular weight is 311 g/mol. The van der Waals surface area contributed by atoms with Gasteiger partial charge in [-0.05, 0) is 23.8 Å². The number of nitrogens with one attached hydrogen (secondary N) is 1. The van der Waals surface area contributed by atoms with E-state index in [2.05, 4.69) is 11.2 Å². The van der Waals surface area contributed by atoms with Crippen LogP contribution in [0.4, 0.5) is 0 Å². The Morgan fingerprint density at radius 1 is 1.22 bits per heavy atom. The normalized spacial score (nSPS) is 11.5. The predicted molar refractivity (Wildman–Crippen MR) is 90.4 cm³/mol. The lowest BCUT2D eigenvalue weighted by atomic mass is 10.1. The molecule has 0 aliphatic rings. The predicted octanol–water partition coefficient (Wildman–Crippen LogP) is 2.53. The second-order valence-electron chi connectivity index (χ2n) is 5.02. The molecular weight excluding hydrogens is 290 g/mol. The molecule has 0 saturated heterocycles. The third-order valence-corrected chi connectivity index (χ3v) is 3.42. The van der Waals surface area contributed by atoms with Crippen molar-refractivity contribution in [3.05, 3.63) is 59.7 Å². The molecule has 2 aromatic rings. The topological polar surface area (TPSA) is 50.7 Å². The fourth-order valence-corrected chi connectivity index (χ4v) is 2.22. The van der Waals surface area contributed by atoms with Crippen molar-refractivity contribution in [3.8, 4) is 23.8 Å². The van der Waals surface area contributed by atoms with Crippen LogP contribution >= 0.6 is 0 Å². The Balaban J connectivity index is 1.90. The van der Waals surface area contributed by atoms with Crippen LogP contribution in [0.15, 0.2) is 48.5 Å². The van der Waals surface area contributed by atoms with Crippen LogP contribution in [0.5, 0.6) is 11.5 Å². The van der Waals surface area contributed by atoms with Crippen molar-refractivity contribution >= 4 is 0 Å². The number of hydrogen-bond donors (Lipinski definition) is 2. The summed E-state index contributed by atoms with van der Waals surface area (Å²) in [5, 5.41) is 13.5. The first-order chi connectivity index (χ1) is 11.2. The molecule has 0 radical (unpaired) electrons. The van der Waals surface area contributed by atoms with Crippen LogP contribution in [0.3, 0.4) is 0 Å². The highest BCUT2D eigenvalue weighted by Crippen LogP contribution is 2.20. The molecule has 2 N–H and O–H groups in total. The Morgan fingerprint density at radius 2 is 2.04 bits per heavy atom. The van der Waals surface area contributed by atoms with Crippen molar-refractivity contribution in [1.29, 1.82) is 0 Å². The lowest BCUT2D eigenvalue weighted by Gasteiger charge is -2.14. The molecule has 0 bridgehead atoms. The van der Waals surface area contributed by atoms with E-state index in [0.29, 0.717) is 13.1 Å². The Morgan fingerprint density at radius 3 is 2.83 bits per heavy atom. The minimum Gasteiger partial charge on any atom is -0.497 e. The number of terminal acetylenes is 1. The fraction of sp³-hybridized carbons (Fsp3) is 0.263. The summed E-state index contributed by atoms with van der Waals surface area (Å²) in [7, 11) is 1.61. The molecule has 1 unspecified atom stereocenters. The van der Waals surface area contributed by atoms with Gasteiger partial charge in [-0.3, -0.25) is 0 Å². The summed E-state index contributed by atoms with van der Waals surface area (Å²) < 4.78 is 10.7. The highest BCUT2D eigenvalue weighted by molar-refractivity contribution is 5.33. The highest BCUT2D eigenvalue weighted by Gasteiger charge is 2.09. The number of hydrogen-bond acceptors (Lipinski definition) is 4. The van der Waals surface area contributed by atoms with E-state index in [-0.39, 0.29) is 6.61 Å². The minimum atomic E-state index is -0.608. The lowest BCUT2D eigenvalue weighted by molar-refractivity contribution is 0.174. The van der Waals surface area contributed by atoms with Gasteiger partial charge < -0.3 is 19.9 Å². The van der Waals surface area contributed by atoms with Gasteiger partial charge in [0.2, 0.25) is 0 Å². The Bertz CT molecular complexity index is 664. The first-order valence-corrected chi connectivity index (χ1v) is 7.41. The van der Waals surface area contributed by atoms with Crippen LogP contribution in [0, 0.1) is 12.3 Å². The molecule has 0 aliphatic heterocycles. The molecule has 2 aromatic carbocycles. The van der Waals surface area contributed by atoms with Crippen molar-refractivity contribution in [2.24, 2.45) is 0 Å². The van der Waals surface area contributed by atoms with Gasteiger partial charge >= 0.3 is 0 Å². The SMILES string of the molecule is C#CCOc1ccccc1CNCC(O)c1cccc(OC)c1. The number of benzene rings is 2. The minimum absolute atomic E-state index is 0.240. The average Bonchev–Trinajstić information content (AvgIpc) is 2.60. The molecule has 4 heteroatoms. The first-order valence-electron chi connectivity index (χ1n) is 7.41. The molecule has 0 amide bonds. The summed E-state index contributed by atoms with van der Waals surface area (Å²) in [6.07, 6.45) is 4.61. The van der Waals surface area contributed by atoms with Gasteiger partial charge in [0.25, 0.3) is 0 Å². The lowest BCUT2D eigenvalue weighted by Crippen LogP contribution is -2.21. The molecule has 0 fully saturated rings. The molecule has 4 nitrogen and oxygen atoms in total. The maximum Gasteiger partial charge on any atom is 0.148 e. The quantitative estimate of drug-likeness (QED) is 0.736. The fourth-order valence-electron chi connectivity index (χ4n) is 2.22. The van der Waals surface area contributed by atoms with Gasteiger partial charge in [-0.25, -0.2) is 0 Å². The van der Waals surface area contributed by atoms with Crippen molar-refractivity contribution in [2.75, 3.05) is 20.3 Å². The molecule has 0 aliphatic carbocycles. The number of para-hydroxylation sites is 1. The maximum absolute atomic E-state index is 10.3. The number of methoxy groups -OCH3 is 1. The first kappa shape index (κ1) is 16.9. The van der Waals surface area contributed by atoms with E-state index in [9.17, 15) is 5.11 Å². The van der Waals surface area contributed by atoms with Gasteiger partial charge in [-0.1, -0.05) is 36.3 Å². The van der Waals surface area contributed by atoms with Crippen molar-refractivity contribution < 1.29 is 14.6 Å². The summed E-state index contributed by atoms with van der Waals surface area (Å²) in [5.74, 6) is 3.94. The largest absolute Gasteiger partial charge is 0.497 e. The molecule has 2 rings (SSSR count). The van der Waals surface area contributed by atoms with Gasteiger partial charge in [0.15, 0.2) is 0 Å². The van der Waals surface area contributed by atoms with Crippen molar-refractivity contribution in [1.82, 2.24) is 5.32 Å². The summed E-state index contributed by atoms with van der Waals surface area (Å²) >= 11 is 0. The van der Waals surface area contributed by atoms with Crippen LogP contribution in [0.1, 0.15) is 17.2 Å². The van der Waals surface area contributed by atoms with Gasteiger partial charge in [-0.2, -0.15) is 0 Å². The van der Waals surface area contributed by atoms with E-state index in [1.54, 1.807) is 7.11 Å². The Kier molecular flexibility index (Phi) is 6.49.